The minimum atomic E-state index is -1.18. The van der Waals surface area contributed by atoms with Crippen molar-refractivity contribution in [2.24, 2.45) is 0 Å². The van der Waals surface area contributed by atoms with Gasteiger partial charge in [0.1, 0.15) is 12.6 Å². The van der Waals surface area contributed by atoms with E-state index in [4.69, 9.17) is 4.74 Å². The molecule has 1 aliphatic heterocycles. The first-order chi connectivity index (χ1) is 16.9. The number of hydrogen-bond acceptors (Lipinski definition) is 5. The summed E-state index contributed by atoms with van der Waals surface area (Å²) in [7, 11) is 0. The number of carboxylic acid groups (broad SMARTS) is 1. The molecule has 0 spiro atoms. The van der Waals surface area contributed by atoms with Crippen molar-refractivity contribution in [3.8, 4) is 11.1 Å². The maximum absolute atomic E-state index is 13.1. The summed E-state index contributed by atoms with van der Waals surface area (Å²) in [6.07, 6.45) is -1.67. The number of hydrogen-bond donors (Lipinski definition) is 3. The molecule has 8 heteroatoms. The number of aliphatic hydroxyl groups excluding tert-OH is 1. The third-order valence-corrected chi connectivity index (χ3v) is 6.56. The van der Waals surface area contributed by atoms with E-state index in [1.54, 1.807) is 18.2 Å². The first-order valence-corrected chi connectivity index (χ1v) is 11.4. The summed E-state index contributed by atoms with van der Waals surface area (Å²) in [4.78, 5) is 38.5. The van der Waals surface area contributed by atoms with Gasteiger partial charge in [-0.15, -0.1) is 0 Å². The topological polar surface area (TPSA) is 116 Å². The number of nitrogens with one attached hydrogen (secondary N) is 1. The van der Waals surface area contributed by atoms with Crippen LogP contribution >= 0.6 is 0 Å². The number of ether oxygens (including phenoxy) is 1. The number of carbonyl (C=O) groups excluding carboxylic acids is 2. The zero-order chi connectivity index (χ0) is 24.5. The van der Waals surface area contributed by atoms with Crippen LogP contribution in [-0.4, -0.2) is 58.4 Å². The van der Waals surface area contributed by atoms with Gasteiger partial charge < -0.3 is 19.8 Å². The normalized spacial score (nSPS) is 18.6. The number of aliphatic carboxylic acids is 1. The van der Waals surface area contributed by atoms with Crippen LogP contribution < -0.4 is 5.32 Å². The number of amides is 2. The van der Waals surface area contributed by atoms with Gasteiger partial charge in [0.05, 0.1) is 17.4 Å². The molecule has 0 aromatic heterocycles. The minimum Gasteiger partial charge on any atom is -0.480 e. The zero-order valence-corrected chi connectivity index (χ0v) is 18.8. The Morgan fingerprint density at radius 1 is 0.914 bits per heavy atom. The summed E-state index contributed by atoms with van der Waals surface area (Å²) >= 11 is 0. The van der Waals surface area contributed by atoms with Crippen molar-refractivity contribution in [2.45, 2.75) is 24.5 Å². The van der Waals surface area contributed by atoms with E-state index in [9.17, 15) is 24.6 Å². The van der Waals surface area contributed by atoms with E-state index in [1.807, 2.05) is 36.4 Å². The van der Waals surface area contributed by atoms with E-state index >= 15 is 0 Å². The first-order valence-electron chi connectivity index (χ1n) is 11.4. The van der Waals surface area contributed by atoms with Gasteiger partial charge in [-0.2, -0.15) is 0 Å². The number of carboxylic acids is 1. The monoisotopic (exact) mass is 472 g/mol. The van der Waals surface area contributed by atoms with Crippen LogP contribution in [0.1, 0.15) is 33.8 Å². The predicted molar refractivity (Wildman–Crippen MR) is 128 cm³/mol. The van der Waals surface area contributed by atoms with E-state index in [0.717, 1.165) is 27.2 Å². The molecule has 2 amide bonds. The molecule has 2 unspecified atom stereocenters. The summed E-state index contributed by atoms with van der Waals surface area (Å²) in [5.41, 5.74) is 4.75. The van der Waals surface area contributed by atoms with Crippen molar-refractivity contribution in [2.75, 3.05) is 18.5 Å². The van der Waals surface area contributed by atoms with E-state index in [2.05, 4.69) is 17.4 Å². The van der Waals surface area contributed by atoms with Gasteiger partial charge in [0.15, 0.2) is 0 Å². The highest BCUT2D eigenvalue weighted by Gasteiger charge is 2.40. The molecule has 1 aliphatic carbocycles. The molecule has 1 fully saturated rings. The fraction of sp³-hybridized carbons (Fsp3) is 0.222. The molecule has 8 nitrogen and oxygen atoms in total. The average molecular weight is 472 g/mol. The summed E-state index contributed by atoms with van der Waals surface area (Å²) < 4.78 is 5.57. The second-order valence-electron chi connectivity index (χ2n) is 8.70. The molecule has 2 atom stereocenters. The van der Waals surface area contributed by atoms with E-state index in [-0.39, 0.29) is 36.7 Å². The van der Waals surface area contributed by atoms with Crippen LogP contribution in [-0.2, 0) is 9.53 Å². The molecule has 1 saturated heterocycles. The highest BCUT2D eigenvalue weighted by molar-refractivity contribution is 6.04. The molecule has 0 bridgehead atoms. The number of para-hydroxylation sites is 1. The smallest absolute Gasteiger partial charge is 0.411 e. The Morgan fingerprint density at radius 2 is 1.51 bits per heavy atom. The summed E-state index contributed by atoms with van der Waals surface area (Å²) in [6.45, 7) is 0.0322. The minimum absolute atomic E-state index is 0.0386. The SMILES string of the molecule is O=C(Nc1ccccc1C(=O)N1CC(O)CC1C(=O)O)OCC1c2ccccc2-c2ccccc21. The Bertz CT molecular complexity index is 1260. The van der Waals surface area contributed by atoms with Crippen LogP contribution in [0.4, 0.5) is 10.5 Å². The Hall–Kier alpha value is -4.17. The van der Waals surface area contributed by atoms with Gasteiger partial charge in [-0.1, -0.05) is 60.7 Å². The van der Waals surface area contributed by atoms with Crippen molar-refractivity contribution in [1.82, 2.24) is 4.90 Å². The third kappa shape index (κ3) is 4.24. The second-order valence-corrected chi connectivity index (χ2v) is 8.70. The lowest BCUT2D eigenvalue weighted by atomic mass is 9.98. The van der Waals surface area contributed by atoms with E-state index in [0.29, 0.717) is 0 Å². The molecule has 3 aromatic carbocycles. The quantitative estimate of drug-likeness (QED) is 0.521. The van der Waals surface area contributed by atoms with Crippen LogP contribution in [0.25, 0.3) is 11.1 Å². The lowest BCUT2D eigenvalue weighted by Crippen LogP contribution is -2.41. The van der Waals surface area contributed by atoms with Crippen LogP contribution in [0.2, 0.25) is 0 Å². The zero-order valence-electron chi connectivity index (χ0n) is 18.8. The molecule has 5 rings (SSSR count). The second kappa shape index (κ2) is 9.23. The van der Waals surface area contributed by atoms with Crippen molar-refractivity contribution in [3.05, 3.63) is 89.5 Å². The largest absolute Gasteiger partial charge is 0.480 e. The van der Waals surface area contributed by atoms with Crippen LogP contribution in [0.5, 0.6) is 0 Å². The number of anilines is 1. The maximum atomic E-state index is 13.1. The van der Waals surface area contributed by atoms with Crippen molar-refractivity contribution in [1.29, 1.82) is 0 Å². The number of aliphatic hydroxyl groups is 1. The Labute approximate surface area is 201 Å². The van der Waals surface area contributed by atoms with Crippen molar-refractivity contribution < 1.29 is 29.3 Å². The Morgan fingerprint density at radius 3 is 2.17 bits per heavy atom. The number of carbonyl (C=O) groups is 3. The van der Waals surface area contributed by atoms with Gasteiger partial charge in [0.2, 0.25) is 0 Å². The molecule has 35 heavy (non-hydrogen) atoms. The molecular formula is C27H24N2O6. The standard InChI is InChI=1S/C27H24N2O6/c30-16-13-24(26(32)33)29(14-16)25(31)21-11-5-6-12-23(21)28-27(34)35-15-22-19-9-3-1-7-17(19)18-8-2-4-10-20(18)22/h1-12,16,22,24,30H,13-15H2,(H,28,34)(H,32,33). The number of likely N-dealkylation sites (tertiary alicyclic amines) is 1. The molecule has 3 aromatic rings. The molecule has 0 saturated carbocycles. The average Bonchev–Trinajstić information content (AvgIpc) is 3.41. The van der Waals surface area contributed by atoms with E-state index in [1.165, 1.54) is 6.07 Å². The van der Waals surface area contributed by atoms with Gasteiger partial charge in [0, 0.05) is 18.9 Å². The number of β-amino-alcohol motifs (C(OH)–C–C–N with tert-alkyl or cyclic N) is 1. The van der Waals surface area contributed by atoms with Gasteiger partial charge >= 0.3 is 12.1 Å². The highest BCUT2D eigenvalue weighted by Crippen LogP contribution is 2.44. The lowest BCUT2D eigenvalue weighted by molar-refractivity contribution is -0.141. The molecule has 3 N–H and O–H groups in total. The Kier molecular flexibility index (Phi) is 5.96. The van der Waals surface area contributed by atoms with Crippen LogP contribution in [0.15, 0.2) is 72.8 Å². The van der Waals surface area contributed by atoms with Gasteiger partial charge in [-0.25, -0.2) is 9.59 Å². The maximum Gasteiger partial charge on any atom is 0.411 e. The predicted octanol–water partition coefficient (Wildman–Crippen LogP) is 3.71. The summed E-state index contributed by atoms with van der Waals surface area (Å²) in [5, 5.41) is 21.9. The summed E-state index contributed by atoms with van der Waals surface area (Å²) in [5.74, 6) is -1.87. The van der Waals surface area contributed by atoms with Crippen molar-refractivity contribution >= 4 is 23.7 Å². The van der Waals surface area contributed by atoms with Gasteiger partial charge in [-0.05, 0) is 34.4 Å². The highest BCUT2D eigenvalue weighted by atomic mass is 16.5. The fourth-order valence-corrected chi connectivity index (χ4v) is 4.95. The van der Waals surface area contributed by atoms with Gasteiger partial charge in [-0.3, -0.25) is 10.1 Å². The molecule has 1 heterocycles. The first kappa shape index (κ1) is 22.6. The summed E-state index contributed by atoms with van der Waals surface area (Å²) in [6, 6.07) is 21.2. The number of rotatable bonds is 5. The van der Waals surface area contributed by atoms with Crippen LogP contribution in [0.3, 0.4) is 0 Å². The fourth-order valence-electron chi connectivity index (χ4n) is 4.95. The van der Waals surface area contributed by atoms with E-state index < -0.39 is 30.1 Å². The Balaban J connectivity index is 1.31. The molecule has 2 aliphatic rings. The van der Waals surface area contributed by atoms with Gasteiger partial charge in [0.25, 0.3) is 5.91 Å². The number of nitrogens with zero attached hydrogens (tertiary/aromatic N) is 1. The van der Waals surface area contributed by atoms with Crippen molar-refractivity contribution in [3.63, 3.8) is 0 Å². The molecule has 178 valence electrons. The molecule has 0 radical (unpaired) electrons. The molecular weight excluding hydrogens is 448 g/mol. The number of fused-ring (bicyclic) bond motifs is 3. The number of benzene rings is 3. The lowest BCUT2D eigenvalue weighted by Gasteiger charge is -2.22. The third-order valence-electron chi connectivity index (χ3n) is 6.56. The van der Waals surface area contributed by atoms with Crippen LogP contribution in [0, 0.1) is 0 Å².